The summed E-state index contributed by atoms with van der Waals surface area (Å²) in [5.74, 6) is -0.783. The number of nitrogens with one attached hydrogen (secondary N) is 4. The number of amides is 5. The molecule has 0 radical (unpaired) electrons. The molecule has 3 aliphatic rings. The molecule has 4 rings (SSSR count). The first kappa shape index (κ1) is 23.0. The Bertz CT molecular complexity index is 873. The van der Waals surface area contributed by atoms with E-state index in [4.69, 9.17) is 0 Å². The maximum atomic E-state index is 13.3. The summed E-state index contributed by atoms with van der Waals surface area (Å²) in [6.07, 6.45) is 2.80. The van der Waals surface area contributed by atoms with Gasteiger partial charge in [-0.25, -0.2) is 4.79 Å². The van der Waals surface area contributed by atoms with Crippen LogP contribution in [0.15, 0.2) is 30.3 Å². The minimum absolute atomic E-state index is 0.0483. The van der Waals surface area contributed by atoms with Gasteiger partial charge in [-0.05, 0) is 50.9 Å². The van der Waals surface area contributed by atoms with Crippen molar-refractivity contribution in [2.75, 3.05) is 44.6 Å². The molecule has 1 aromatic rings. The minimum Gasteiger partial charge on any atom is -0.354 e. The highest BCUT2D eigenvalue weighted by Gasteiger charge is 2.40. The van der Waals surface area contributed by atoms with E-state index in [0.29, 0.717) is 25.2 Å². The third-order valence-electron chi connectivity index (χ3n) is 6.57. The number of anilines is 1. The first-order chi connectivity index (χ1) is 16.0. The van der Waals surface area contributed by atoms with Gasteiger partial charge in [0, 0.05) is 31.2 Å². The second-order valence-electron chi connectivity index (χ2n) is 8.81. The lowest BCUT2D eigenvalue weighted by Gasteiger charge is -2.42. The molecule has 5 amide bonds. The number of nitrogens with zero attached hydrogens (tertiary/aromatic N) is 2. The number of piperazine rings is 1. The Balaban J connectivity index is 1.47. The molecule has 3 saturated heterocycles. The first-order valence-corrected chi connectivity index (χ1v) is 11.7. The highest BCUT2D eigenvalue weighted by atomic mass is 16.2. The molecule has 0 aromatic heterocycles. The number of rotatable bonds is 4. The Morgan fingerprint density at radius 2 is 1.73 bits per heavy atom. The lowest BCUT2D eigenvalue weighted by molar-refractivity contribution is -0.147. The molecule has 4 N–H and O–H groups in total. The zero-order valence-electron chi connectivity index (χ0n) is 18.7. The lowest BCUT2D eigenvalue weighted by atomic mass is 9.95. The predicted molar refractivity (Wildman–Crippen MR) is 122 cm³/mol. The van der Waals surface area contributed by atoms with E-state index in [1.807, 2.05) is 18.2 Å². The van der Waals surface area contributed by atoms with Crippen molar-refractivity contribution in [1.29, 1.82) is 0 Å². The van der Waals surface area contributed by atoms with Crippen LogP contribution in [0.5, 0.6) is 0 Å². The van der Waals surface area contributed by atoms with Crippen molar-refractivity contribution >= 4 is 29.4 Å². The van der Waals surface area contributed by atoms with Crippen molar-refractivity contribution in [3.8, 4) is 0 Å². The Kier molecular flexibility index (Phi) is 7.43. The van der Waals surface area contributed by atoms with Crippen LogP contribution in [0, 0.1) is 5.92 Å². The number of hydrogen-bond donors (Lipinski definition) is 4. The highest BCUT2D eigenvalue weighted by molar-refractivity contribution is 5.94. The molecule has 3 fully saturated rings. The molecule has 0 aliphatic carbocycles. The molecule has 178 valence electrons. The van der Waals surface area contributed by atoms with E-state index >= 15 is 0 Å². The number of carbonyl (C=O) groups excluding carboxylic acids is 4. The third kappa shape index (κ3) is 5.62. The number of para-hydroxylation sites is 1. The van der Waals surface area contributed by atoms with E-state index in [0.717, 1.165) is 32.4 Å². The Hall–Kier alpha value is -3.14. The zero-order chi connectivity index (χ0) is 23.2. The zero-order valence-corrected chi connectivity index (χ0v) is 18.7. The fraction of sp³-hybridized carbons (Fsp3) is 0.565. The first-order valence-electron chi connectivity index (χ1n) is 11.7. The van der Waals surface area contributed by atoms with Crippen LogP contribution in [0.1, 0.15) is 25.7 Å². The normalized spacial score (nSPS) is 24.1. The van der Waals surface area contributed by atoms with Crippen LogP contribution >= 0.6 is 0 Å². The molecular formula is C23H32N6O4. The van der Waals surface area contributed by atoms with Crippen LogP contribution in [0.4, 0.5) is 10.5 Å². The second kappa shape index (κ2) is 10.7. The highest BCUT2D eigenvalue weighted by Crippen LogP contribution is 2.21. The van der Waals surface area contributed by atoms with Crippen LogP contribution in [0.2, 0.25) is 0 Å². The van der Waals surface area contributed by atoms with Crippen molar-refractivity contribution in [2.24, 2.45) is 5.92 Å². The van der Waals surface area contributed by atoms with E-state index in [1.54, 1.807) is 21.9 Å². The van der Waals surface area contributed by atoms with E-state index in [9.17, 15) is 19.2 Å². The van der Waals surface area contributed by atoms with E-state index in [2.05, 4.69) is 21.3 Å². The van der Waals surface area contributed by atoms with Crippen molar-refractivity contribution in [1.82, 2.24) is 25.8 Å². The average molecular weight is 457 g/mol. The van der Waals surface area contributed by atoms with Gasteiger partial charge in [-0.15, -0.1) is 0 Å². The third-order valence-corrected chi connectivity index (χ3v) is 6.57. The van der Waals surface area contributed by atoms with Gasteiger partial charge in [0.05, 0.1) is 6.54 Å². The molecule has 1 aromatic carbocycles. The lowest BCUT2D eigenvalue weighted by Crippen LogP contribution is -2.64. The molecule has 33 heavy (non-hydrogen) atoms. The van der Waals surface area contributed by atoms with Gasteiger partial charge in [0.1, 0.15) is 12.1 Å². The fourth-order valence-electron chi connectivity index (χ4n) is 4.66. The standard InChI is InChI=1S/C23H32N6O4/c30-20-18(7-4-10-25-20)27-21(31)19-15-28(23(33)26-17-5-2-1-3-6-17)13-14-29(19)22(32)16-8-11-24-12-9-16/h1-3,5-6,16,18-19,24H,4,7-15H2,(H,25,30)(H,26,33)(H,27,31)/t18-,19+/m0/s1. The summed E-state index contributed by atoms with van der Waals surface area (Å²) >= 11 is 0. The largest absolute Gasteiger partial charge is 0.354 e. The smallest absolute Gasteiger partial charge is 0.321 e. The summed E-state index contributed by atoms with van der Waals surface area (Å²) in [6, 6.07) is 7.34. The van der Waals surface area contributed by atoms with Crippen LogP contribution in [-0.4, -0.2) is 84.9 Å². The van der Waals surface area contributed by atoms with Crippen molar-refractivity contribution in [3.05, 3.63) is 30.3 Å². The molecule has 0 unspecified atom stereocenters. The molecule has 3 aliphatic heterocycles. The number of carbonyl (C=O) groups is 4. The summed E-state index contributed by atoms with van der Waals surface area (Å²) in [7, 11) is 0. The van der Waals surface area contributed by atoms with Gasteiger partial charge in [-0.2, -0.15) is 0 Å². The molecule has 2 atom stereocenters. The van der Waals surface area contributed by atoms with Gasteiger partial charge < -0.3 is 31.1 Å². The summed E-state index contributed by atoms with van der Waals surface area (Å²) in [6.45, 7) is 2.84. The Morgan fingerprint density at radius 3 is 2.45 bits per heavy atom. The summed E-state index contributed by atoms with van der Waals surface area (Å²) < 4.78 is 0. The van der Waals surface area contributed by atoms with Crippen molar-refractivity contribution in [2.45, 2.75) is 37.8 Å². The van der Waals surface area contributed by atoms with E-state index < -0.39 is 18.0 Å². The molecule has 0 bridgehead atoms. The van der Waals surface area contributed by atoms with Crippen molar-refractivity contribution in [3.63, 3.8) is 0 Å². The van der Waals surface area contributed by atoms with Crippen LogP contribution in [0.3, 0.4) is 0 Å². The van der Waals surface area contributed by atoms with Gasteiger partial charge in [0.25, 0.3) is 0 Å². The SMILES string of the molecule is O=C1NCCC[C@@H]1NC(=O)[C@H]1CN(C(=O)Nc2ccccc2)CCN1C(=O)C1CCNCC1. The summed E-state index contributed by atoms with van der Waals surface area (Å²) in [5.41, 5.74) is 0.663. The van der Waals surface area contributed by atoms with Gasteiger partial charge in [0.15, 0.2) is 0 Å². The fourth-order valence-corrected chi connectivity index (χ4v) is 4.66. The van der Waals surface area contributed by atoms with Crippen LogP contribution in [0.25, 0.3) is 0 Å². The monoisotopic (exact) mass is 456 g/mol. The Morgan fingerprint density at radius 1 is 0.970 bits per heavy atom. The predicted octanol–water partition coefficient (Wildman–Crippen LogP) is 0.126. The van der Waals surface area contributed by atoms with Gasteiger partial charge in [-0.3, -0.25) is 14.4 Å². The maximum absolute atomic E-state index is 13.3. The minimum atomic E-state index is -0.836. The average Bonchev–Trinajstić information content (AvgIpc) is 2.85. The van der Waals surface area contributed by atoms with Gasteiger partial charge >= 0.3 is 6.03 Å². The summed E-state index contributed by atoms with van der Waals surface area (Å²) in [5, 5.41) is 11.7. The molecule has 0 spiro atoms. The number of piperidine rings is 2. The number of urea groups is 1. The molecular weight excluding hydrogens is 424 g/mol. The molecule has 10 heteroatoms. The van der Waals surface area contributed by atoms with E-state index in [-0.39, 0.29) is 36.9 Å². The van der Waals surface area contributed by atoms with Crippen molar-refractivity contribution < 1.29 is 19.2 Å². The molecule has 10 nitrogen and oxygen atoms in total. The number of hydrogen-bond acceptors (Lipinski definition) is 5. The second-order valence-corrected chi connectivity index (χ2v) is 8.81. The van der Waals surface area contributed by atoms with Crippen LogP contribution in [-0.2, 0) is 14.4 Å². The quantitative estimate of drug-likeness (QED) is 0.513. The van der Waals surface area contributed by atoms with Crippen LogP contribution < -0.4 is 21.3 Å². The van der Waals surface area contributed by atoms with Gasteiger partial charge in [0.2, 0.25) is 17.7 Å². The molecule has 3 heterocycles. The maximum Gasteiger partial charge on any atom is 0.321 e. The summed E-state index contributed by atoms with van der Waals surface area (Å²) in [4.78, 5) is 54.8. The van der Waals surface area contributed by atoms with Gasteiger partial charge in [-0.1, -0.05) is 18.2 Å². The van der Waals surface area contributed by atoms with E-state index in [1.165, 1.54) is 0 Å². The Labute approximate surface area is 193 Å². The topological polar surface area (TPSA) is 123 Å². The molecule has 0 saturated carbocycles. The number of benzene rings is 1.